The van der Waals surface area contributed by atoms with E-state index in [1.807, 2.05) is 12.1 Å². The lowest BCUT2D eigenvalue weighted by atomic mass is 9.69. The number of carbonyl (C=O) groups is 1. The van der Waals surface area contributed by atoms with Gasteiger partial charge in [-0.25, -0.2) is 0 Å². The maximum atomic E-state index is 12.1. The molecule has 2 aliphatic heterocycles. The molecule has 1 N–H and O–H groups in total. The van der Waals surface area contributed by atoms with E-state index >= 15 is 0 Å². The first-order valence-corrected chi connectivity index (χ1v) is 8.41. The van der Waals surface area contributed by atoms with Gasteiger partial charge in [-0.05, 0) is 43.1 Å². The number of carbonyl (C=O) groups excluding carboxylic acids is 1. The van der Waals surface area contributed by atoms with E-state index in [0.29, 0.717) is 0 Å². The number of fused-ring (bicyclic) bond motifs is 2. The van der Waals surface area contributed by atoms with E-state index in [4.69, 9.17) is 0 Å². The van der Waals surface area contributed by atoms with Gasteiger partial charge in [0.15, 0.2) is 0 Å². The fourth-order valence-electron chi connectivity index (χ4n) is 4.01. The minimum absolute atomic E-state index is 0.0814. The summed E-state index contributed by atoms with van der Waals surface area (Å²) in [4.78, 5) is 14.6. The van der Waals surface area contributed by atoms with E-state index < -0.39 is 0 Å². The van der Waals surface area contributed by atoms with Gasteiger partial charge in [0.2, 0.25) is 0 Å². The molecule has 3 nitrogen and oxygen atoms in total. The van der Waals surface area contributed by atoms with Crippen molar-refractivity contribution in [2.24, 2.45) is 0 Å². The summed E-state index contributed by atoms with van der Waals surface area (Å²) in [5.41, 5.74) is 3.62. The van der Waals surface area contributed by atoms with Crippen LogP contribution in [0.5, 0.6) is 0 Å². The normalized spacial score (nSPS) is 20.1. The Labute approximate surface area is 137 Å². The predicted octanol–water partition coefficient (Wildman–Crippen LogP) is 2.96. The Hall–Kier alpha value is -2.13. The van der Waals surface area contributed by atoms with Crippen LogP contribution in [-0.2, 0) is 12.0 Å². The molecule has 0 saturated carbocycles. The van der Waals surface area contributed by atoms with Gasteiger partial charge in [0, 0.05) is 24.1 Å². The van der Waals surface area contributed by atoms with E-state index in [2.05, 4.69) is 52.7 Å². The third kappa shape index (κ3) is 2.66. The summed E-state index contributed by atoms with van der Waals surface area (Å²) in [6.07, 6.45) is 2.22. The number of likely N-dealkylation sites (tertiary alicyclic amines) is 1. The van der Waals surface area contributed by atoms with Gasteiger partial charge >= 0.3 is 0 Å². The van der Waals surface area contributed by atoms with Gasteiger partial charge in [-0.3, -0.25) is 9.69 Å². The molecule has 1 saturated heterocycles. The zero-order valence-electron chi connectivity index (χ0n) is 13.3. The summed E-state index contributed by atoms with van der Waals surface area (Å²) in [7, 11) is 0. The molecular weight excluding hydrogens is 284 g/mol. The molecule has 2 aromatic carbocycles. The Morgan fingerprint density at radius 1 is 0.957 bits per heavy atom. The maximum Gasteiger partial charge on any atom is 0.251 e. The Kier molecular flexibility index (Phi) is 3.66. The SMILES string of the molecule is O=C1NCC2(CCN(Cc3ccccc3)CC2)c2ccccc21. The molecule has 0 bridgehead atoms. The number of piperidine rings is 1. The molecule has 0 radical (unpaired) electrons. The second-order valence-electron chi connectivity index (χ2n) is 6.77. The van der Waals surface area contributed by atoms with Crippen molar-refractivity contribution < 1.29 is 4.79 Å². The number of nitrogens with zero attached hydrogens (tertiary/aromatic N) is 1. The highest BCUT2D eigenvalue weighted by atomic mass is 16.1. The number of nitrogens with one attached hydrogen (secondary N) is 1. The van der Waals surface area contributed by atoms with Crippen LogP contribution in [-0.4, -0.2) is 30.4 Å². The Morgan fingerprint density at radius 3 is 2.43 bits per heavy atom. The number of rotatable bonds is 2. The molecule has 1 amide bonds. The summed E-state index contributed by atoms with van der Waals surface area (Å²) >= 11 is 0. The monoisotopic (exact) mass is 306 g/mol. The van der Waals surface area contributed by atoms with Crippen LogP contribution in [0.2, 0.25) is 0 Å². The second kappa shape index (κ2) is 5.82. The third-order valence-electron chi connectivity index (χ3n) is 5.39. The lowest BCUT2D eigenvalue weighted by Crippen LogP contribution is -2.52. The highest BCUT2D eigenvalue weighted by Crippen LogP contribution is 2.39. The molecule has 4 rings (SSSR count). The average molecular weight is 306 g/mol. The van der Waals surface area contributed by atoms with Crippen molar-refractivity contribution in [1.82, 2.24) is 10.2 Å². The van der Waals surface area contributed by atoms with Crippen LogP contribution >= 0.6 is 0 Å². The van der Waals surface area contributed by atoms with Crippen LogP contribution in [0.4, 0.5) is 0 Å². The van der Waals surface area contributed by atoms with Crippen molar-refractivity contribution in [2.75, 3.05) is 19.6 Å². The van der Waals surface area contributed by atoms with Crippen molar-refractivity contribution in [3.05, 3.63) is 71.3 Å². The Balaban J connectivity index is 1.51. The molecule has 2 aliphatic rings. The molecule has 2 heterocycles. The van der Waals surface area contributed by atoms with E-state index in [0.717, 1.165) is 44.6 Å². The zero-order valence-corrected chi connectivity index (χ0v) is 13.3. The first-order chi connectivity index (χ1) is 11.3. The summed E-state index contributed by atoms with van der Waals surface area (Å²) in [6, 6.07) is 18.8. The highest BCUT2D eigenvalue weighted by molar-refractivity contribution is 5.97. The summed E-state index contributed by atoms with van der Waals surface area (Å²) in [5.74, 6) is 0.0814. The fraction of sp³-hybridized carbons (Fsp3) is 0.350. The fourth-order valence-corrected chi connectivity index (χ4v) is 4.01. The number of amides is 1. The van der Waals surface area contributed by atoms with Gasteiger partial charge < -0.3 is 5.32 Å². The number of hydrogen-bond donors (Lipinski definition) is 1. The molecule has 0 aliphatic carbocycles. The van der Waals surface area contributed by atoms with E-state index in [9.17, 15) is 4.79 Å². The van der Waals surface area contributed by atoms with Crippen LogP contribution in [0.25, 0.3) is 0 Å². The topological polar surface area (TPSA) is 32.3 Å². The van der Waals surface area contributed by atoms with Crippen molar-refractivity contribution in [3.63, 3.8) is 0 Å². The maximum absolute atomic E-state index is 12.1. The van der Waals surface area contributed by atoms with Crippen molar-refractivity contribution in [1.29, 1.82) is 0 Å². The van der Waals surface area contributed by atoms with Crippen LogP contribution < -0.4 is 5.32 Å². The van der Waals surface area contributed by atoms with E-state index in [-0.39, 0.29) is 11.3 Å². The smallest absolute Gasteiger partial charge is 0.251 e. The quantitative estimate of drug-likeness (QED) is 0.925. The minimum atomic E-state index is 0.0814. The standard InChI is InChI=1S/C20H22N2O/c23-19-17-8-4-5-9-18(17)20(15-21-19)10-12-22(13-11-20)14-16-6-2-1-3-7-16/h1-9H,10-15H2,(H,21,23). The Morgan fingerprint density at radius 2 is 1.65 bits per heavy atom. The molecular formula is C20H22N2O. The average Bonchev–Trinajstić information content (AvgIpc) is 2.62. The van der Waals surface area contributed by atoms with Gasteiger partial charge in [0.05, 0.1) is 0 Å². The molecule has 1 spiro atoms. The molecule has 0 unspecified atom stereocenters. The number of hydrogen-bond acceptors (Lipinski definition) is 2. The van der Waals surface area contributed by atoms with E-state index in [1.165, 1.54) is 11.1 Å². The van der Waals surface area contributed by atoms with Crippen LogP contribution in [0.3, 0.4) is 0 Å². The largest absolute Gasteiger partial charge is 0.351 e. The molecule has 1 fully saturated rings. The van der Waals surface area contributed by atoms with E-state index in [1.54, 1.807) is 0 Å². The summed E-state index contributed by atoms with van der Waals surface area (Å²) < 4.78 is 0. The van der Waals surface area contributed by atoms with Gasteiger partial charge in [-0.15, -0.1) is 0 Å². The lowest BCUT2D eigenvalue weighted by molar-refractivity contribution is 0.0882. The molecule has 0 atom stereocenters. The lowest BCUT2D eigenvalue weighted by Gasteiger charge is -2.45. The van der Waals surface area contributed by atoms with Gasteiger partial charge in [0.1, 0.15) is 0 Å². The van der Waals surface area contributed by atoms with Crippen molar-refractivity contribution in [3.8, 4) is 0 Å². The molecule has 0 aromatic heterocycles. The minimum Gasteiger partial charge on any atom is -0.351 e. The summed E-state index contributed by atoms with van der Waals surface area (Å²) in [6.45, 7) is 3.96. The van der Waals surface area contributed by atoms with Crippen LogP contribution in [0, 0.1) is 0 Å². The predicted molar refractivity (Wildman–Crippen MR) is 91.4 cm³/mol. The first-order valence-electron chi connectivity index (χ1n) is 8.41. The third-order valence-corrected chi connectivity index (χ3v) is 5.39. The van der Waals surface area contributed by atoms with Gasteiger partial charge in [-0.1, -0.05) is 48.5 Å². The number of benzene rings is 2. The highest BCUT2D eigenvalue weighted by Gasteiger charge is 2.41. The van der Waals surface area contributed by atoms with Crippen molar-refractivity contribution in [2.45, 2.75) is 24.8 Å². The van der Waals surface area contributed by atoms with Gasteiger partial charge in [0.25, 0.3) is 5.91 Å². The molecule has 2 aromatic rings. The van der Waals surface area contributed by atoms with Gasteiger partial charge in [-0.2, -0.15) is 0 Å². The molecule has 3 heteroatoms. The van der Waals surface area contributed by atoms with Crippen molar-refractivity contribution >= 4 is 5.91 Å². The van der Waals surface area contributed by atoms with Crippen LogP contribution in [0.15, 0.2) is 54.6 Å². The Bertz CT molecular complexity index is 703. The van der Waals surface area contributed by atoms with Crippen LogP contribution in [0.1, 0.15) is 34.3 Å². The zero-order chi connectivity index (χ0) is 15.7. The summed E-state index contributed by atoms with van der Waals surface area (Å²) in [5, 5.41) is 3.11. The molecule has 23 heavy (non-hydrogen) atoms. The second-order valence-corrected chi connectivity index (χ2v) is 6.77. The first kappa shape index (κ1) is 14.5. The molecule has 118 valence electrons.